The summed E-state index contributed by atoms with van der Waals surface area (Å²) in [4.78, 5) is 22.7. The third-order valence-corrected chi connectivity index (χ3v) is 4.14. The van der Waals surface area contributed by atoms with Crippen molar-refractivity contribution in [3.63, 3.8) is 0 Å². The number of carbonyl (C=O) groups excluding carboxylic acids is 1. The van der Waals surface area contributed by atoms with Crippen LogP contribution < -0.4 is 5.32 Å². The molecular weight excluding hydrogens is 242 g/mol. The molecule has 0 spiro atoms. The van der Waals surface area contributed by atoms with Crippen molar-refractivity contribution in [1.29, 1.82) is 0 Å². The number of rotatable bonds is 8. The minimum absolute atomic E-state index is 0.0544. The van der Waals surface area contributed by atoms with E-state index in [1.165, 1.54) is 25.7 Å². The third kappa shape index (κ3) is 6.08. The summed E-state index contributed by atoms with van der Waals surface area (Å²) in [6.07, 6.45) is 7.61. The standard InChI is InChI=1S/C15H27NO3/c1-3-13(10-12-6-4-5-7-12)15(19)16-11(2)8-9-14(17)18/h11-13H,3-10H2,1-2H3,(H,16,19)(H,17,18). The molecule has 4 nitrogen and oxygen atoms in total. The van der Waals surface area contributed by atoms with Crippen LogP contribution in [0.5, 0.6) is 0 Å². The van der Waals surface area contributed by atoms with E-state index in [4.69, 9.17) is 5.11 Å². The van der Waals surface area contributed by atoms with Crippen LogP contribution in [0.2, 0.25) is 0 Å². The minimum atomic E-state index is -0.806. The lowest BCUT2D eigenvalue weighted by Gasteiger charge is -2.21. The molecule has 1 aliphatic rings. The van der Waals surface area contributed by atoms with E-state index in [1.807, 2.05) is 6.92 Å². The van der Waals surface area contributed by atoms with E-state index >= 15 is 0 Å². The predicted octanol–water partition coefficient (Wildman–Crippen LogP) is 2.96. The highest BCUT2D eigenvalue weighted by atomic mass is 16.4. The summed E-state index contributed by atoms with van der Waals surface area (Å²) in [5, 5.41) is 11.6. The van der Waals surface area contributed by atoms with Crippen LogP contribution in [0.1, 0.15) is 65.2 Å². The highest BCUT2D eigenvalue weighted by Crippen LogP contribution is 2.31. The van der Waals surface area contributed by atoms with Crippen molar-refractivity contribution in [1.82, 2.24) is 5.32 Å². The molecule has 0 saturated heterocycles. The Morgan fingerprint density at radius 1 is 1.32 bits per heavy atom. The number of nitrogens with one attached hydrogen (secondary N) is 1. The maximum absolute atomic E-state index is 12.2. The Kier molecular flexibility index (Phi) is 6.89. The normalized spacial score (nSPS) is 19.1. The highest BCUT2D eigenvalue weighted by molar-refractivity contribution is 5.79. The first-order chi connectivity index (χ1) is 9.02. The van der Waals surface area contributed by atoms with Gasteiger partial charge >= 0.3 is 5.97 Å². The van der Waals surface area contributed by atoms with Crippen molar-refractivity contribution < 1.29 is 14.7 Å². The molecule has 0 heterocycles. The summed E-state index contributed by atoms with van der Waals surface area (Å²) in [7, 11) is 0. The number of amides is 1. The largest absolute Gasteiger partial charge is 0.481 e. The fourth-order valence-electron chi connectivity index (χ4n) is 2.88. The first-order valence-electron chi connectivity index (χ1n) is 7.55. The number of aliphatic carboxylic acids is 1. The van der Waals surface area contributed by atoms with Crippen molar-refractivity contribution in [2.24, 2.45) is 11.8 Å². The van der Waals surface area contributed by atoms with Gasteiger partial charge in [0.1, 0.15) is 0 Å². The van der Waals surface area contributed by atoms with Crippen molar-refractivity contribution >= 4 is 11.9 Å². The summed E-state index contributed by atoms with van der Waals surface area (Å²) in [6.45, 7) is 3.93. The van der Waals surface area contributed by atoms with Gasteiger partial charge in [0.25, 0.3) is 0 Å². The minimum Gasteiger partial charge on any atom is -0.481 e. The van der Waals surface area contributed by atoms with Crippen LogP contribution in [0.3, 0.4) is 0 Å². The topological polar surface area (TPSA) is 66.4 Å². The Labute approximate surface area is 116 Å². The molecule has 0 bridgehead atoms. The molecule has 1 fully saturated rings. The van der Waals surface area contributed by atoms with Gasteiger partial charge in [0.15, 0.2) is 0 Å². The van der Waals surface area contributed by atoms with Gasteiger partial charge in [-0.05, 0) is 32.1 Å². The van der Waals surface area contributed by atoms with Gasteiger partial charge in [-0.15, -0.1) is 0 Å². The Morgan fingerprint density at radius 2 is 1.95 bits per heavy atom. The maximum atomic E-state index is 12.2. The van der Waals surface area contributed by atoms with Gasteiger partial charge in [0, 0.05) is 18.4 Å². The van der Waals surface area contributed by atoms with Gasteiger partial charge in [0.05, 0.1) is 0 Å². The van der Waals surface area contributed by atoms with Crippen LogP contribution in [0.25, 0.3) is 0 Å². The second-order valence-corrected chi connectivity index (χ2v) is 5.83. The molecule has 2 N–H and O–H groups in total. The van der Waals surface area contributed by atoms with E-state index in [0.717, 1.165) is 12.8 Å². The first kappa shape index (κ1) is 16.0. The van der Waals surface area contributed by atoms with Gasteiger partial charge in [-0.2, -0.15) is 0 Å². The van der Waals surface area contributed by atoms with E-state index in [2.05, 4.69) is 12.2 Å². The van der Waals surface area contributed by atoms with Gasteiger partial charge in [0.2, 0.25) is 5.91 Å². The van der Waals surface area contributed by atoms with Crippen LogP contribution >= 0.6 is 0 Å². The summed E-state index contributed by atoms with van der Waals surface area (Å²) in [6, 6.07) is -0.0544. The van der Waals surface area contributed by atoms with Crippen LogP contribution in [0.4, 0.5) is 0 Å². The van der Waals surface area contributed by atoms with Crippen molar-refractivity contribution in [2.75, 3.05) is 0 Å². The highest BCUT2D eigenvalue weighted by Gasteiger charge is 2.24. The van der Waals surface area contributed by atoms with E-state index in [0.29, 0.717) is 12.3 Å². The molecule has 1 amide bonds. The number of hydrogen-bond acceptors (Lipinski definition) is 2. The molecule has 1 rings (SSSR count). The molecule has 110 valence electrons. The molecule has 0 aromatic rings. The van der Waals surface area contributed by atoms with Crippen LogP contribution in [0, 0.1) is 11.8 Å². The zero-order valence-electron chi connectivity index (χ0n) is 12.2. The van der Waals surface area contributed by atoms with E-state index < -0.39 is 5.97 Å². The molecule has 19 heavy (non-hydrogen) atoms. The molecule has 1 aliphatic carbocycles. The second kappa shape index (κ2) is 8.18. The fourth-order valence-corrected chi connectivity index (χ4v) is 2.88. The van der Waals surface area contributed by atoms with Crippen LogP contribution in [-0.2, 0) is 9.59 Å². The molecule has 1 saturated carbocycles. The second-order valence-electron chi connectivity index (χ2n) is 5.83. The lowest BCUT2D eigenvalue weighted by atomic mass is 9.90. The summed E-state index contributed by atoms with van der Waals surface area (Å²) >= 11 is 0. The lowest BCUT2D eigenvalue weighted by molar-refractivity contribution is -0.137. The van der Waals surface area contributed by atoms with E-state index in [1.54, 1.807) is 0 Å². The van der Waals surface area contributed by atoms with Gasteiger partial charge in [-0.25, -0.2) is 0 Å². The van der Waals surface area contributed by atoms with Gasteiger partial charge < -0.3 is 10.4 Å². The Balaban J connectivity index is 2.33. The molecule has 2 atom stereocenters. The van der Waals surface area contributed by atoms with E-state index in [-0.39, 0.29) is 24.3 Å². The van der Waals surface area contributed by atoms with E-state index in [9.17, 15) is 9.59 Å². The summed E-state index contributed by atoms with van der Waals surface area (Å²) < 4.78 is 0. The molecule has 0 aliphatic heterocycles. The summed E-state index contributed by atoms with van der Waals surface area (Å²) in [5.74, 6) is 0.104. The molecule has 0 radical (unpaired) electrons. The van der Waals surface area contributed by atoms with Crippen molar-refractivity contribution in [2.45, 2.75) is 71.3 Å². The average Bonchev–Trinajstić information content (AvgIpc) is 2.86. The molecule has 0 aromatic carbocycles. The zero-order chi connectivity index (χ0) is 14.3. The Hall–Kier alpha value is -1.06. The zero-order valence-corrected chi connectivity index (χ0v) is 12.2. The molecule has 2 unspecified atom stereocenters. The number of carboxylic acids is 1. The van der Waals surface area contributed by atoms with Crippen molar-refractivity contribution in [3.8, 4) is 0 Å². The van der Waals surface area contributed by atoms with Crippen LogP contribution in [0.15, 0.2) is 0 Å². The third-order valence-electron chi connectivity index (χ3n) is 4.14. The number of hydrogen-bond donors (Lipinski definition) is 2. The maximum Gasteiger partial charge on any atom is 0.303 e. The average molecular weight is 269 g/mol. The number of carboxylic acid groups (broad SMARTS) is 1. The Bertz CT molecular complexity index is 298. The smallest absolute Gasteiger partial charge is 0.303 e. The monoisotopic (exact) mass is 269 g/mol. The molecular formula is C15H27NO3. The van der Waals surface area contributed by atoms with Gasteiger partial charge in [-0.3, -0.25) is 9.59 Å². The SMILES string of the molecule is CCC(CC1CCCC1)C(=O)NC(C)CCC(=O)O. The molecule has 4 heteroatoms. The molecule has 0 aromatic heterocycles. The van der Waals surface area contributed by atoms with Gasteiger partial charge in [-0.1, -0.05) is 32.6 Å². The first-order valence-corrected chi connectivity index (χ1v) is 7.55. The lowest BCUT2D eigenvalue weighted by Crippen LogP contribution is -2.38. The summed E-state index contributed by atoms with van der Waals surface area (Å²) in [5.41, 5.74) is 0. The predicted molar refractivity (Wildman–Crippen MR) is 74.8 cm³/mol. The van der Waals surface area contributed by atoms with Crippen LogP contribution in [-0.4, -0.2) is 23.0 Å². The van der Waals surface area contributed by atoms with Crippen molar-refractivity contribution in [3.05, 3.63) is 0 Å². The number of carbonyl (C=O) groups is 2. The fraction of sp³-hybridized carbons (Fsp3) is 0.867. The Morgan fingerprint density at radius 3 is 2.47 bits per heavy atom. The quantitative estimate of drug-likeness (QED) is 0.712.